The molecule has 13 heavy (non-hydrogen) atoms. The Kier molecular flexibility index (Phi) is 7.67. The van der Waals surface area contributed by atoms with Crippen LogP contribution in [0, 0.1) is 6.61 Å². The molecule has 0 aliphatic rings. The van der Waals surface area contributed by atoms with Crippen LogP contribution in [0.5, 0.6) is 0 Å². The van der Waals surface area contributed by atoms with E-state index in [-0.39, 0.29) is 0 Å². The Bertz CT molecular complexity index is 107. The molecule has 0 saturated heterocycles. The second-order valence-corrected chi connectivity index (χ2v) is 9.06. The number of hydrogen-bond donors (Lipinski definition) is 0. The Labute approximate surface area is 85.0 Å². The maximum atomic E-state index is 5.65. The number of unbranched alkanes of at least 4 members (excludes halogenated alkanes) is 5. The molecule has 0 spiro atoms. The molecular weight excluding hydrogens is 176 g/mol. The standard InChI is InChI=1S/C11H25OSi/c1-5-6-7-8-9-10-11-12-13(2,3)4/h11H,5-10H2,1-4H3. The van der Waals surface area contributed by atoms with Crippen molar-refractivity contribution in [3.8, 4) is 0 Å². The van der Waals surface area contributed by atoms with E-state index in [0.717, 1.165) is 6.42 Å². The summed E-state index contributed by atoms with van der Waals surface area (Å²) in [6.45, 7) is 10.9. The Balaban J connectivity index is 3.00. The normalized spacial score (nSPS) is 12.0. The van der Waals surface area contributed by atoms with Gasteiger partial charge in [0.1, 0.15) is 0 Å². The van der Waals surface area contributed by atoms with Gasteiger partial charge in [0.05, 0.1) is 6.61 Å². The zero-order chi connectivity index (χ0) is 10.2. The van der Waals surface area contributed by atoms with E-state index in [1.165, 1.54) is 32.1 Å². The van der Waals surface area contributed by atoms with E-state index in [1.54, 1.807) is 0 Å². The fraction of sp³-hybridized carbons (Fsp3) is 0.909. The summed E-state index contributed by atoms with van der Waals surface area (Å²) in [6.07, 6.45) is 7.89. The zero-order valence-corrected chi connectivity index (χ0v) is 10.7. The van der Waals surface area contributed by atoms with Crippen LogP contribution in [0.3, 0.4) is 0 Å². The summed E-state index contributed by atoms with van der Waals surface area (Å²) in [5.41, 5.74) is 0. The van der Waals surface area contributed by atoms with Crippen molar-refractivity contribution in [3.63, 3.8) is 0 Å². The van der Waals surface area contributed by atoms with Gasteiger partial charge in [0, 0.05) is 0 Å². The average molecular weight is 201 g/mol. The first-order valence-corrected chi connectivity index (χ1v) is 8.96. The van der Waals surface area contributed by atoms with Gasteiger partial charge < -0.3 is 4.43 Å². The second kappa shape index (κ2) is 7.57. The molecule has 0 unspecified atom stereocenters. The average Bonchev–Trinajstić information content (AvgIpc) is 2.01. The minimum absolute atomic E-state index is 1.13. The Morgan fingerprint density at radius 2 is 1.62 bits per heavy atom. The van der Waals surface area contributed by atoms with Gasteiger partial charge in [-0.15, -0.1) is 0 Å². The molecule has 0 N–H and O–H groups in total. The van der Waals surface area contributed by atoms with Gasteiger partial charge in [-0.25, -0.2) is 0 Å². The van der Waals surface area contributed by atoms with Crippen LogP contribution in [0.15, 0.2) is 0 Å². The van der Waals surface area contributed by atoms with E-state index in [4.69, 9.17) is 4.43 Å². The summed E-state index contributed by atoms with van der Waals surface area (Å²) < 4.78 is 5.65. The van der Waals surface area contributed by atoms with Crippen molar-refractivity contribution in [1.29, 1.82) is 0 Å². The van der Waals surface area contributed by atoms with Crippen molar-refractivity contribution in [3.05, 3.63) is 6.61 Å². The van der Waals surface area contributed by atoms with Gasteiger partial charge in [-0.2, -0.15) is 0 Å². The Hall–Kier alpha value is 0.177. The first-order valence-electron chi connectivity index (χ1n) is 5.56. The molecule has 0 atom stereocenters. The van der Waals surface area contributed by atoms with E-state index in [1.807, 2.05) is 6.61 Å². The molecule has 2 heteroatoms. The van der Waals surface area contributed by atoms with Gasteiger partial charge in [0.25, 0.3) is 0 Å². The highest BCUT2D eigenvalue weighted by atomic mass is 28.4. The predicted octanol–water partition coefficient (Wildman–Crippen LogP) is 4.36. The highest BCUT2D eigenvalue weighted by Gasteiger charge is 2.13. The van der Waals surface area contributed by atoms with Crippen molar-refractivity contribution >= 4 is 8.32 Å². The topological polar surface area (TPSA) is 9.23 Å². The fourth-order valence-corrected chi connectivity index (χ4v) is 1.76. The zero-order valence-electron chi connectivity index (χ0n) is 9.73. The van der Waals surface area contributed by atoms with E-state index >= 15 is 0 Å². The van der Waals surface area contributed by atoms with Crippen LogP contribution >= 0.6 is 0 Å². The van der Waals surface area contributed by atoms with Gasteiger partial charge in [0.15, 0.2) is 8.32 Å². The van der Waals surface area contributed by atoms with Crippen LogP contribution in [0.4, 0.5) is 0 Å². The van der Waals surface area contributed by atoms with Gasteiger partial charge in [-0.3, -0.25) is 0 Å². The molecule has 0 amide bonds. The van der Waals surface area contributed by atoms with Crippen LogP contribution in [0.2, 0.25) is 19.6 Å². The molecule has 0 heterocycles. The van der Waals surface area contributed by atoms with Gasteiger partial charge in [-0.05, 0) is 26.1 Å². The molecule has 0 bridgehead atoms. The Morgan fingerprint density at radius 3 is 2.15 bits per heavy atom. The maximum absolute atomic E-state index is 5.65. The van der Waals surface area contributed by atoms with Crippen molar-refractivity contribution in [2.24, 2.45) is 0 Å². The lowest BCUT2D eigenvalue weighted by molar-refractivity contribution is 0.379. The quantitative estimate of drug-likeness (QED) is 0.419. The van der Waals surface area contributed by atoms with Crippen molar-refractivity contribution < 1.29 is 4.43 Å². The highest BCUT2D eigenvalue weighted by molar-refractivity contribution is 6.69. The van der Waals surface area contributed by atoms with Crippen LogP contribution in [0.25, 0.3) is 0 Å². The summed E-state index contributed by atoms with van der Waals surface area (Å²) >= 11 is 0. The molecule has 0 aliphatic heterocycles. The third-order valence-corrected chi connectivity index (χ3v) is 2.74. The van der Waals surface area contributed by atoms with Crippen molar-refractivity contribution in [2.45, 2.75) is 65.1 Å². The lowest BCUT2D eigenvalue weighted by Crippen LogP contribution is -2.23. The minimum atomic E-state index is -1.29. The van der Waals surface area contributed by atoms with E-state index in [2.05, 4.69) is 26.6 Å². The van der Waals surface area contributed by atoms with Crippen LogP contribution in [0.1, 0.15) is 45.4 Å². The molecule has 0 fully saturated rings. The summed E-state index contributed by atoms with van der Waals surface area (Å²) in [4.78, 5) is 0. The predicted molar refractivity (Wildman–Crippen MR) is 62.1 cm³/mol. The third-order valence-electron chi connectivity index (χ3n) is 1.86. The smallest absolute Gasteiger partial charge is 0.184 e. The molecule has 0 aromatic carbocycles. The van der Waals surface area contributed by atoms with Gasteiger partial charge in [-0.1, -0.05) is 39.0 Å². The van der Waals surface area contributed by atoms with E-state index in [9.17, 15) is 0 Å². The second-order valence-electron chi connectivity index (χ2n) is 4.60. The van der Waals surface area contributed by atoms with Crippen molar-refractivity contribution in [2.75, 3.05) is 0 Å². The molecule has 0 saturated carbocycles. The van der Waals surface area contributed by atoms with Gasteiger partial charge >= 0.3 is 0 Å². The molecule has 0 rings (SSSR count). The van der Waals surface area contributed by atoms with Crippen LogP contribution in [-0.2, 0) is 4.43 Å². The van der Waals surface area contributed by atoms with Crippen molar-refractivity contribution in [1.82, 2.24) is 0 Å². The number of hydrogen-bond acceptors (Lipinski definition) is 1. The molecule has 1 radical (unpaired) electrons. The molecule has 79 valence electrons. The summed E-state index contributed by atoms with van der Waals surface area (Å²) in [5, 5.41) is 0. The lowest BCUT2D eigenvalue weighted by Gasteiger charge is -2.16. The minimum Gasteiger partial charge on any atom is -0.412 e. The largest absolute Gasteiger partial charge is 0.412 e. The Morgan fingerprint density at radius 1 is 1.00 bits per heavy atom. The molecule has 0 aliphatic carbocycles. The first-order chi connectivity index (χ1) is 6.06. The molecule has 1 nitrogen and oxygen atoms in total. The molecule has 0 aromatic rings. The van der Waals surface area contributed by atoms with Gasteiger partial charge in [0.2, 0.25) is 0 Å². The lowest BCUT2D eigenvalue weighted by atomic mass is 10.1. The monoisotopic (exact) mass is 201 g/mol. The highest BCUT2D eigenvalue weighted by Crippen LogP contribution is 2.10. The first kappa shape index (κ1) is 13.2. The number of rotatable bonds is 8. The van der Waals surface area contributed by atoms with E-state index < -0.39 is 8.32 Å². The third kappa shape index (κ3) is 12.2. The maximum Gasteiger partial charge on any atom is 0.184 e. The van der Waals surface area contributed by atoms with Crippen LogP contribution < -0.4 is 0 Å². The fourth-order valence-electron chi connectivity index (χ4n) is 1.14. The molecule has 0 aromatic heterocycles. The summed E-state index contributed by atoms with van der Waals surface area (Å²) in [6, 6.07) is 0. The SMILES string of the molecule is CCCCCCC[CH]O[Si](C)(C)C. The van der Waals surface area contributed by atoms with Crippen LogP contribution in [-0.4, -0.2) is 8.32 Å². The molecular formula is C11H25OSi. The summed E-state index contributed by atoms with van der Waals surface area (Å²) in [5.74, 6) is 0. The summed E-state index contributed by atoms with van der Waals surface area (Å²) in [7, 11) is -1.29. The van der Waals surface area contributed by atoms with E-state index in [0.29, 0.717) is 0 Å².